The van der Waals surface area contributed by atoms with Crippen molar-refractivity contribution in [2.45, 2.75) is 26.7 Å². The Balaban J connectivity index is 2.34. The predicted octanol–water partition coefficient (Wildman–Crippen LogP) is 2.00. The van der Waals surface area contributed by atoms with Gasteiger partial charge in [0, 0.05) is 6.54 Å². The first-order valence-electron chi connectivity index (χ1n) is 6.28. The Morgan fingerprint density at radius 2 is 2.17 bits per heavy atom. The highest BCUT2D eigenvalue weighted by atomic mass is 16.5. The van der Waals surface area contributed by atoms with Crippen molar-refractivity contribution in [2.75, 3.05) is 19.7 Å². The molecule has 0 spiro atoms. The van der Waals surface area contributed by atoms with Gasteiger partial charge in [0.1, 0.15) is 5.75 Å². The van der Waals surface area contributed by atoms with Gasteiger partial charge in [-0.05, 0) is 44.0 Å². The lowest BCUT2D eigenvalue weighted by atomic mass is 10.1. The van der Waals surface area contributed by atoms with Crippen LogP contribution in [0.2, 0.25) is 0 Å². The van der Waals surface area contributed by atoms with Gasteiger partial charge in [0.15, 0.2) is 0 Å². The largest absolute Gasteiger partial charge is 0.494 e. The van der Waals surface area contributed by atoms with Crippen LogP contribution >= 0.6 is 0 Å². The van der Waals surface area contributed by atoms with Gasteiger partial charge in [-0.1, -0.05) is 12.1 Å². The summed E-state index contributed by atoms with van der Waals surface area (Å²) in [4.78, 5) is 10.3. The number of aryl methyl sites for hydroxylation is 1. The maximum atomic E-state index is 10.3. The summed E-state index contributed by atoms with van der Waals surface area (Å²) in [7, 11) is 0. The van der Waals surface area contributed by atoms with Gasteiger partial charge in [-0.25, -0.2) is 0 Å². The molecule has 0 saturated heterocycles. The van der Waals surface area contributed by atoms with E-state index in [0.29, 0.717) is 13.2 Å². The van der Waals surface area contributed by atoms with Crippen LogP contribution in [0.5, 0.6) is 5.75 Å². The predicted molar refractivity (Wildman–Crippen MR) is 71.2 cm³/mol. The van der Waals surface area contributed by atoms with Crippen LogP contribution in [0.4, 0.5) is 0 Å². The van der Waals surface area contributed by atoms with E-state index >= 15 is 0 Å². The molecule has 1 rings (SSSR count). The summed E-state index contributed by atoms with van der Waals surface area (Å²) in [5.74, 6) is 0.166. The third-order valence-corrected chi connectivity index (χ3v) is 2.65. The average Bonchev–Trinajstić information content (AvgIpc) is 2.32. The van der Waals surface area contributed by atoms with Gasteiger partial charge in [-0.15, -0.1) is 0 Å². The SMILES string of the molecule is CCOc1ccc(CCNCCC(=O)O)cc1C. The molecular formula is C14H21NO3. The van der Waals surface area contributed by atoms with Crippen LogP contribution in [0.15, 0.2) is 18.2 Å². The lowest BCUT2D eigenvalue weighted by molar-refractivity contribution is -0.136. The van der Waals surface area contributed by atoms with Gasteiger partial charge < -0.3 is 15.2 Å². The molecule has 0 unspecified atom stereocenters. The van der Waals surface area contributed by atoms with E-state index in [1.807, 2.05) is 19.9 Å². The van der Waals surface area contributed by atoms with Gasteiger partial charge in [0.05, 0.1) is 13.0 Å². The number of rotatable bonds is 8. The summed E-state index contributed by atoms with van der Waals surface area (Å²) < 4.78 is 5.48. The molecule has 0 saturated carbocycles. The van der Waals surface area contributed by atoms with E-state index in [4.69, 9.17) is 9.84 Å². The molecule has 18 heavy (non-hydrogen) atoms. The maximum absolute atomic E-state index is 10.3. The molecule has 0 amide bonds. The molecular weight excluding hydrogens is 230 g/mol. The van der Waals surface area contributed by atoms with Crippen molar-refractivity contribution in [3.8, 4) is 5.75 Å². The van der Waals surface area contributed by atoms with Crippen LogP contribution in [0.3, 0.4) is 0 Å². The Kier molecular flexibility index (Phi) is 6.22. The summed E-state index contributed by atoms with van der Waals surface area (Å²) in [5, 5.41) is 11.6. The topological polar surface area (TPSA) is 58.6 Å². The lowest BCUT2D eigenvalue weighted by Crippen LogP contribution is -2.20. The second-order valence-corrected chi connectivity index (χ2v) is 4.18. The number of ether oxygens (including phenoxy) is 1. The van der Waals surface area contributed by atoms with Gasteiger partial charge in [0.25, 0.3) is 0 Å². The van der Waals surface area contributed by atoms with Crippen LogP contribution < -0.4 is 10.1 Å². The number of hydrogen-bond donors (Lipinski definition) is 2. The standard InChI is InChI=1S/C14H21NO3/c1-3-18-13-5-4-12(10-11(13)2)6-8-15-9-7-14(16)17/h4-5,10,15H,3,6-9H2,1-2H3,(H,16,17). The molecule has 0 bridgehead atoms. The number of aliphatic carboxylic acids is 1. The van der Waals surface area contributed by atoms with Gasteiger partial charge >= 0.3 is 5.97 Å². The Bertz CT molecular complexity index is 391. The second kappa shape index (κ2) is 7.71. The molecule has 0 aliphatic rings. The molecule has 0 atom stereocenters. The van der Waals surface area contributed by atoms with E-state index in [9.17, 15) is 4.79 Å². The summed E-state index contributed by atoms with van der Waals surface area (Å²) in [6, 6.07) is 6.16. The minimum Gasteiger partial charge on any atom is -0.494 e. The monoisotopic (exact) mass is 251 g/mol. The van der Waals surface area contributed by atoms with E-state index < -0.39 is 5.97 Å². The van der Waals surface area contributed by atoms with Gasteiger partial charge in [0.2, 0.25) is 0 Å². The van der Waals surface area contributed by atoms with Crippen molar-refractivity contribution in [2.24, 2.45) is 0 Å². The highest BCUT2D eigenvalue weighted by Gasteiger charge is 2.01. The minimum absolute atomic E-state index is 0.169. The number of carboxylic acid groups (broad SMARTS) is 1. The van der Waals surface area contributed by atoms with E-state index in [1.54, 1.807) is 0 Å². The molecule has 100 valence electrons. The van der Waals surface area contributed by atoms with Gasteiger partial charge in [-0.2, -0.15) is 0 Å². The zero-order valence-electron chi connectivity index (χ0n) is 11.0. The molecule has 0 radical (unpaired) electrons. The maximum Gasteiger partial charge on any atom is 0.304 e. The fraction of sp³-hybridized carbons (Fsp3) is 0.500. The Morgan fingerprint density at radius 3 is 2.78 bits per heavy atom. The number of carboxylic acids is 1. The van der Waals surface area contributed by atoms with Crippen LogP contribution in [-0.4, -0.2) is 30.8 Å². The highest BCUT2D eigenvalue weighted by Crippen LogP contribution is 2.19. The smallest absolute Gasteiger partial charge is 0.304 e. The zero-order chi connectivity index (χ0) is 13.4. The molecule has 4 heteroatoms. The van der Waals surface area contributed by atoms with Crippen LogP contribution in [-0.2, 0) is 11.2 Å². The van der Waals surface area contributed by atoms with Crippen molar-refractivity contribution in [3.05, 3.63) is 29.3 Å². The first kappa shape index (κ1) is 14.5. The molecule has 1 aromatic carbocycles. The lowest BCUT2D eigenvalue weighted by Gasteiger charge is -2.09. The fourth-order valence-electron chi connectivity index (χ4n) is 1.74. The van der Waals surface area contributed by atoms with Crippen molar-refractivity contribution < 1.29 is 14.6 Å². The molecule has 0 aliphatic heterocycles. The number of carbonyl (C=O) groups is 1. The molecule has 0 aromatic heterocycles. The normalized spacial score (nSPS) is 10.3. The summed E-state index contributed by atoms with van der Waals surface area (Å²) >= 11 is 0. The molecule has 0 aliphatic carbocycles. The third-order valence-electron chi connectivity index (χ3n) is 2.65. The number of nitrogens with one attached hydrogen (secondary N) is 1. The van der Waals surface area contributed by atoms with Crippen molar-refractivity contribution in [1.82, 2.24) is 5.32 Å². The van der Waals surface area contributed by atoms with Crippen molar-refractivity contribution in [1.29, 1.82) is 0 Å². The molecule has 0 fully saturated rings. The highest BCUT2D eigenvalue weighted by molar-refractivity contribution is 5.66. The molecule has 2 N–H and O–H groups in total. The Morgan fingerprint density at radius 1 is 1.39 bits per heavy atom. The number of benzene rings is 1. The summed E-state index contributed by atoms with van der Waals surface area (Å²) in [6.07, 6.45) is 1.06. The quantitative estimate of drug-likeness (QED) is 0.694. The fourth-order valence-corrected chi connectivity index (χ4v) is 1.74. The van der Waals surface area contributed by atoms with E-state index in [1.165, 1.54) is 5.56 Å². The Labute approximate surface area is 108 Å². The zero-order valence-corrected chi connectivity index (χ0v) is 11.0. The first-order chi connectivity index (χ1) is 8.63. The van der Waals surface area contributed by atoms with E-state index in [2.05, 4.69) is 17.4 Å². The van der Waals surface area contributed by atoms with Crippen molar-refractivity contribution >= 4 is 5.97 Å². The average molecular weight is 251 g/mol. The number of hydrogen-bond acceptors (Lipinski definition) is 3. The van der Waals surface area contributed by atoms with Crippen molar-refractivity contribution in [3.63, 3.8) is 0 Å². The second-order valence-electron chi connectivity index (χ2n) is 4.18. The third kappa shape index (κ3) is 5.19. The van der Waals surface area contributed by atoms with Crippen LogP contribution in [0.25, 0.3) is 0 Å². The summed E-state index contributed by atoms with van der Waals surface area (Å²) in [6.45, 7) is 6.00. The molecule has 0 heterocycles. The minimum atomic E-state index is -0.764. The first-order valence-corrected chi connectivity index (χ1v) is 6.28. The molecule has 1 aromatic rings. The molecule has 4 nitrogen and oxygen atoms in total. The van der Waals surface area contributed by atoms with E-state index in [0.717, 1.165) is 24.3 Å². The van der Waals surface area contributed by atoms with Crippen LogP contribution in [0.1, 0.15) is 24.5 Å². The van der Waals surface area contributed by atoms with Crippen LogP contribution in [0, 0.1) is 6.92 Å². The van der Waals surface area contributed by atoms with E-state index in [-0.39, 0.29) is 6.42 Å². The summed E-state index contributed by atoms with van der Waals surface area (Å²) in [5.41, 5.74) is 2.37. The Hall–Kier alpha value is -1.55. The van der Waals surface area contributed by atoms with Gasteiger partial charge in [-0.3, -0.25) is 4.79 Å².